The zero-order valence-corrected chi connectivity index (χ0v) is 13.5. The Kier molecular flexibility index (Phi) is 5.24. The standard InChI is InChI=1S/C14H19ClN2O3S/c1-10(11-2-4-12(15)5-3-11)16-8-14(18)17-13-6-7-21(19,20)9-13/h2-5,10,13,16H,6-9H2,1H3,(H,17,18)/p+1/t10-,13+/m1/s1. The molecule has 2 rings (SSSR count). The molecule has 2 atom stereocenters. The quantitative estimate of drug-likeness (QED) is 0.812. The number of halogens is 1. The molecule has 0 unspecified atom stereocenters. The second kappa shape index (κ2) is 6.77. The molecule has 3 N–H and O–H groups in total. The number of benzene rings is 1. The van der Waals surface area contributed by atoms with E-state index in [4.69, 9.17) is 11.6 Å². The molecule has 5 nitrogen and oxygen atoms in total. The number of nitrogens with two attached hydrogens (primary N) is 1. The van der Waals surface area contributed by atoms with Gasteiger partial charge in [0.05, 0.1) is 11.5 Å². The zero-order chi connectivity index (χ0) is 15.5. The van der Waals surface area contributed by atoms with Gasteiger partial charge in [0.25, 0.3) is 5.91 Å². The number of amides is 1. The van der Waals surface area contributed by atoms with E-state index in [1.165, 1.54) is 0 Å². The van der Waals surface area contributed by atoms with E-state index in [0.29, 0.717) is 11.4 Å². The first-order valence-corrected chi connectivity index (χ1v) is 9.14. The highest BCUT2D eigenvalue weighted by Crippen LogP contribution is 2.13. The molecule has 0 spiro atoms. The van der Waals surface area contributed by atoms with Gasteiger partial charge in [-0.15, -0.1) is 0 Å². The molecule has 1 fully saturated rings. The maximum atomic E-state index is 11.8. The minimum Gasteiger partial charge on any atom is -0.347 e. The molecule has 1 aromatic carbocycles. The Morgan fingerprint density at radius 2 is 2.10 bits per heavy atom. The lowest BCUT2D eigenvalue weighted by Gasteiger charge is -2.13. The third kappa shape index (κ3) is 4.98. The summed E-state index contributed by atoms with van der Waals surface area (Å²) in [7, 11) is -2.96. The zero-order valence-electron chi connectivity index (χ0n) is 11.9. The fourth-order valence-electron chi connectivity index (χ4n) is 2.38. The Bertz CT molecular complexity index is 601. The number of quaternary nitrogens is 1. The van der Waals surface area contributed by atoms with E-state index >= 15 is 0 Å². The number of nitrogens with one attached hydrogen (secondary N) is 1. The number of sulfone groups is 1. The van der Waals surface area contributed by atoms with Gasteiger partial charge in [-0.2, -0.15) is 0 Å². The van der Waals surface area contributed by atoms with Crippen LogP contribution < -0.4 is 10.6 Å². The van der Waals surface area contributed by atoms with Crippen LogP contribution >= 0.6 is 11.6 Å². The van der Waals surface area contributed by atoms with E-state index in [9.17, 15) is 13.2 Å². The maximum Gasteiger partial charge on any atom is 0.275 e. The van der Waals surface area contributed by atoms with E-state index in [0.717, 1.165) is 5.56 Å². The Hall–Kier alpha value is -1.11. The molecule has 1 aromatic rings. The van der Waals surface area contributed by atoms with Crippen LogP contribution in [0.3, 0.4) is 0 Å². The predicted octanol–water partition coefficient (Wildman–Crippen LogP) is 0.268. The van der Waals surface area contributed by atoms with E-state index in [1.807, 2.05) is 36.5 Å². The summed E-state index contributed by atoms with van der Waals surface area (Å²) in [5.74, 6) is 0.104. The van der Waals surface area contributed by atoms with Gasteiger partial charge in [0.1, 0.15) is 6.04 Å². The average Bonchev–Trinajstić information content (AvgIpc) is 2.76. The van der Waals surface area contributed by atoms with Gasteiger partial charge >= 0.3 is 0 Å². The van der Waals surface area contributed by atoms with Gasteiger partial charge in [0.15, 0.2) is 16.4 Å². The molecule has 1 heterocycles. The van der Waals surface area contributed by atoms with Crippen molar-refractivity contribution in [1.29, 1.82) is 0 Å². The smallest absolute Gasteiger partial charge is 0.275 e. The Morgan fingerprint density at radius 1 is 1.43 bits per heavy atom. The second-order valence-electron chi connectivity index (χ2n) is 5.45. The third-order valence-corrected chi connectivity index (χ3v) is 5.67. The van der Waals surface area contributed by atoms with Crippen molar-refractivity contribution in [2.75, 3.05) is 18.1 Å². The van der Waals surface area contributed by atoms with Crippen molar-refractivity contribution in [2.24, 2.45) is 0 Å². The molecule has 116 valence electrons. The summed E-state index contributed by atoms with van der Waals surface area (Å²) < 4.78 is 22.7. The fraction of sp³-hybridized carbons (Fsp3) is 0.500. The van der Waals surface area contributed by atoms with E-state index < -0.39 is 9.84 Å². The highest BCUT2D eigenvalue weighted by atomic mass is 35.5. The van der Waals surface area contributed by atoms with Crippen LogP contribution in [0.2, 0.25) is 5.02 Å². The first kappa shape index (κ1) is 16.3. The summed E-state index contributed by atoms with van der Waals surface area (Å²) in [6.45, 7) is 2.29. The van der Waals surface area contributed by atoms with Crippen LogP contribution in [0.25, 0.3) is 0 Å². The van der Waals surface area contributed by atoms with Crippen molar-refractivity contribution in [3.63, 3.8) is 0 Å². The molecule has 0 aliphatic carbocycles. The monoisotopic (exact) mass is 331 g/mol. The molecule has 0 radical (unpaired) electrons. The third-order valence-electron chi connectivity index (χ3n) is 3.65. The molecule has 1 amide bonds. The summed E-state index contributed by atoms with van der Waals surface area (Å²) in [5, 5.41) is 5.38. The SMILES string of the molecule is C[C@@H]([NH2+]CC(=O)N[C@H]1CCS(=O)(=O)C1)c1ccc(Cl)cc1. The molecule has 7 heteroatoms. The Labute approximate surface area is 130 Å². The molecule has 1 saturated heterocycles. The van der Waals surface area contributed by atoms with Crippen LogP contribution in [0.5, 0.6) is 0 Å². The average molecular weight is 332 g/mol. The lowest BCUT2D eigenvalue weighted by molar-refractivity contribution is -0.682. The molecule has 21 heavy (non-hydrogen) atoms. The van der Waals surface area contributed by atoms with Crippen molar-refractivity contribution in [2.45, 2.75) is 25.4 Å². The molecular formula is C14H20ClN2O3S+. The second-order valence-corrected chi connectivity index (χ2v) is 8.11. The van der Waals surface area contributed by atoms with Crippen molar-refractivity contribution < 1.29 is 18.5 Å². The van der Waals surface area contributed by atoms with Crippen molar-refractivity contribution in [3.05, 3.63) is 34.9 Å². The van der Waals surface area contributed by atoms with Gasteiger partial charge in [-0.05, 0) is 25.5 Å². The highest BCUT2D eigenvalue weighted by molar-refractivity contribution is 7.91. The van der Waals surface area contributed by atoms with Gasteiger partial charge in [0.2, 0.25) is 0 Å². The van der Waals surface area contributed by atoms with E-state index in [2.05, 4.69) is 5.32 Å². The Morgan fingerprint density at radius 3 is 2.67 bits per heavy atom. The van der Waals surface area contributed by atoms with E-state index in [1.54, 1.807) is 0 Å². The molecule has 0 saturated carbocycles. The summed E-state index contributed by atoms with van der Waals surface area (Å²) >= 11 is 5.84. The van der Waals surface area contributed by atoms with Gasteiger partial charge < -0.3 is 10.6 Å². The normalized spacial score (nSPS) is 21.9. The van der Waals surface area contributed by atoms with Crippen LogP contribution in [0.4, 0.5) is 0 Å². The van der Waals surface area contributed by atoms with Crippen molar-refractivity contribution in [1.82, 2.24) is 5.32 Å². The van der Waals surface area contributed by atoms with Crippen LogP contribution in [-0.4, -0.2) is 38.4 Å². The number of carbonyl (C=O) groups excluding carboxylic acids is 1. The van der Waals surface area contributed by atoms with Crippen LogP contribution in [-0.2, 0) is 14.6 Å². The van der Waals surface area contributed by atoms with Gasteiger partial charge in [-0.3, -0.25) is 4.79 Å². The van der Waals surface area contributed by atoms with Crippen LogP contribution in [0.15, 0.2) is 24.3 Å². The fourth-order valence-corrected chi connectivity index (χ4v) is 4.18. The summed E-state index contributed by atoms with van der Waals surface area (Å²) in [4.78, 5) is 11.8. The van der Waals surface area contributed by atoms with E-state index in [-0.39, 0.29) is 36.0 Å². The Balaban J connectivity index is 1.77. The molecule has 0 bridgehead atoms. The van der Waals surface area contributed by atoms with Gasteiger partial charge in [0, 0.05) is 16.6 Å². The molecule has 1 aliphatic rings. The molecule has 0 aromatic heterocycles. The number of hydrogen-bond acceptors (Lipinski definition) is 3. The predicted molar refractivity (Wildman–Crippen MR) is 81.9 cm³/mol. The highest BCUT2D eigenvalue weighted by Gasteiger charge is 2.29. The number of carbonyl (C=O) groups is 1. The first-order chi connectivity index (χ1) is 9.85. The maximum absolute atomic E-state index is 11.8. The minimum absolute atomic E-state index is 0.0610. The van der Waals surface area contributed by atoms with Crippen LogP contribution in [0, 0.1) is 0 Å². The summed E-state index contributed by atoms with van der Waals surface area (Å²) in [6.07, 6.45) is 0.515. The lowest BCUT2D eigenvalue weighted by Crippen LogP contribution is -2.87. The lowest BCUT2D eigenvalue weighted by atomic mass is 10.1. The minimum atomic E-state index is -2.96. The van der Waals surface area contributed by atoms with Crippen molar-refractivity contribution in [3.8, 4) is 0 Å². The largest absolute Gasteiger partial charge is 0.347 e. The number of hydrogen-bond donors (Lipinski definition) is 2. The summed E-state index contributed by atoms with van der Waals surface area (Å²) in [5.41, 5.74) is 1.09. The molecular weight excluding hydrogens is 312 g/mol. The topological polar surface area (TPSA) is 79.8 Å². The van der Waals surface area contributed by atoms with Crippen molar-refractivity contribution >= 4 is 27.3 Å². The number of rotatable bonds is 5. The van der Waals surface area contributed by atoms with Gasteiger partial charge in [-0.1, -0.05) is 23.7 Å². The van der Waals surface area contributed by atoms with Gasteiger partial charge in [-0.25, -0.2) is 8.42 Å². The summed E-state index contributed by atoms with van der Waals surface area (Å²) in [6, 6.07) is 7.42. The molecule has 1 aliphatic heterocycles. The first-order valence-electron chi connectivity index (χ1n) is 6.94. The van der Waals surface area contributed by atoms with Crippen LogP contribution in [0.1, 0.15) is 24.9 Å².